The van der Waals surface area contributed by atoms with Crippen LogP contribution < -0.4 is 0 Å². The molecule has 0 saturated carbocycles. The topological polar surface area (TPSA) is 63.6 Å². The van der Waals surface area contributed by atoms with E-state index in [2.05, 4.69) is 25.7 Å². The Morgan fingerprint density at radius 3 is 2.63 bits per heavy atom. The van der Waals surface area contributed by atoms with Crippen LogP contribution in [-0.4, -0.2) is 24.0 Å². The van der Waals surface area contributed by atoms with Gasteiger partial charge in [0.1, 0.15) is 5.75 Å². The third-order valence-corrected chi connectivity index (χ3v) is 5.12. The highest BCUT2D eigenvalue weighted by molar-refractivity contribution is 6.12. The van der Waals surface area contributed by atoms with Gasteiger partial charge in [0.2, 0.25) is 5.78 Å². The second-order valence-electron chi connectivity index (χ2n) is 7.34. The van der Waals surface area contributed by atoms with E-state index < -0.39 is 11.8 Å². The molecule has 0 bridgehead atoms. The monoisotopic (exact) mass is 362 g/mol. The van der Waals surface area contributed by atoms with E-state index in [4.69, 9.17) is 4.74 Å². The maximum absolute atomic E-state index is 12.8. The van der Waals surface area contributed by atoms with Crippen LogP contribution in [0.2, 0.25) is 0 Å². The molecule has 0 fully saturated rings. The summed E-state index contributed by atoms with van der Waals surface area (Å²) in [6.07, 6.45) is 2.74. The minimum absolute atomic E-state index is 0.0405. The molecule has 1 aliphatic carbocycles. The van der Waals surface area contributed by atoms with E-state index in [9.17, 15) is 14.7 Å². The van der Waals surface area contributed by atoms with Gasteiger partial charge in [-0.3, -0.25) is 4.79 Å². The number of esters is 1. The molecule has 1 aliphatic rings. The number of carbonyl (C=O) groups is 2. The van der Waals surface area contributed by atoms with Crippen molar-refractivity contribution >= 4 is 11.8 Å². The Bertz CT molecular complexity index is 974. The molecule has 0 heterocycles. The number of benzene rings is 2. The lowest BCUT2D eigenvalue weighted by molar-refractivity contribution is 0.0600. The Hall–Kier alpha value is -3.06. The average Bonchev–Trinajstić information content (AvgIpc) is 2.65. The van der Waals surface area contributed by atoms with Crippen molar-refractivity contribution in [3.63, 3.8) is 0 Å². The van der Waals surface area contributed by atoms with E-state index >= 15 is 0 Å². The van der Waals surface area contributed by atoms with Crippen molar-refractivity contribution in [1.82, 2.24) is 0 Å². The number of ether oxygens (including phenoxy) is 1. The van der Waals surface area contributed by atoms with Crippen molar-refractivity contribution in [2.24, 2.45) is 0 Å². The van der Waals surface area contributed by atoms with Gasteiger partial charge in [-0.2, -0.15) is 0 Å². The van der Waals surface area contributed by atoms with E-state index in [-0.39, 0.29) is 16.7 Å². The van der Waals surface area contributed by atoms with Crippen molar-refractivity contribution in [2.45, 2.75) is 38.5 Å². The maximum Gasteiger partial charge on any atom is 0.339 e. The number of phenols is 1. The number of ketones is 1. The highest BCUT2D eigenvalue weighted by Crippen LogP contribution is 2.40. The van der Waals surface area contributed by atoms with Crippen molar-refractivity contribution in [1.29, 1.82) is 0 Å². The van der Waals surface area contributed by atoms with Crippen LogP contribution in [0.4, 0.5) is 0 Å². The van der Waals surface area contributed by atoms with Crippen molar-refractivity contribution in [2.75, 3.05) is 7.11 Å². The predicted octanol–water partition coefficient (Wildman–Crippen LogP) is 4.03. The Morgan fingerprint density at radius 2 is 1.89 bits per heavy atom. The molecule has 1 N–H and O–H groups in total. The molecule has 0 amide bonds. The molecule has 0 radical (unpaired) electrons. The van der Waals surface area contributed by atoms with Gasteiger partial charge in [-0.1, -0.05) is 38.0 Å². The van der Waals surface area contributed by atoms with Gasteiger partial charge in [0, 0.05) is 5.56 Å². The zero-order valence-electron chi connectivity index (χ0n) is 15.8. The zero-order chi connectivity index (χ0) is 19.6. The van der Waals surface area contributed by atoms with Crippen molar-refractivity contribution in [3.05, 3.63) is 64.2 Å². The number of hydrogen-bond donors (Lipinski definition) is 1. The molecule has 0 spiro atoms. The molecule has 138 valence electrons. The maximum atomic E-state index is 12.8. The fourth-order valence-corrected chi connectivity index (χ4v) is 3.69. The van der Waals surface area contributed by atoms with Crippen LogP contribution in [0.15, 0.2) is 36.4 Å². The smallest absolute Gasteiger partial charge is 0.339 e. The minimum atomic E-state index is -0.506. The highest BCUT2D eigenvalue weighted by atomic mass is 16.5. The SMILES string of the molecule is COC(=O)c1ccccc1C#CC(=O)c1c(O)ccc2c1CCCC2(C)C. The third-order valence-electron chi connectivity index (χ3n) is 5.12. The Morgan fingerprint density at radius 1 is 1.15 bits per heavy atom. The summed E-state index contributed by atoms with van der Waals surface area (Å²) in [4.78, 5) is 24.7. The van der Waals surface area contributed by atoms with E-state index in [0.29, 0.717) is 11.1 Å². The van der Waals surface area contributed by atoms with Crippen LogP contribution in [0.1, 0.15) is 64.1 Å². The molecule has 0 aliphatic heterocycles. The number of carbonyl (C=O) groups excluding carboxylic acids is 2. The van der Waals surface area contributed by atoms with Crippen LogP contribution in [0, 0.1) is 11.8 Å². The quantitative estimate of drug-likeness (QED) is 0.498. The van der Waals surface area contributed by atoms with Crippen LogP contribution >= 0.6 is 0 Å². The van der Waals surface area contributed by atoms with Gasteiger partial charge >= 0.3 is 5.97 Å². The highest BCUT2D eigenvalue weighted by Gasteiger charge is 2.31. The number of hydrogen-bond acceptors (Lipinski definition) is 4. The first-order valence-corrected chi connectivity index (χ1v) is 8.94. The molecular formula is C23H22O4. The van der Waals surface area contributed by atoms with E-state index in [1.807, 2.05) is 6.07 Å². The molecule has 4 heteroatoms. The fourth-order valence-electron chi connectivity index (χ4n) is 3.69. The summed E-state index contributed by atoms with van der Waals surface area (Å²) >= 11 is 0. The van der Waals surface area contributed by atoms with Gasteiger partial charge < -0.3 is 9.84 Å². The summed E-state index contributed by atoms with van der Waals surface area (Å²) in [5, 5.41) is 10.3. The third kappa shape index (κ3) is 3.59. The Balaban J connectivity index is 2.03. The molecule has 27 heavy (non-hydrogen) atoms. The van der Waals surface area contributed by atoms with Gasteiger partial charge in [0.05, 0.1) is 18.2 Å². The largest absolute Gasteiger partial charge is 0.507 e. The molecule has 2 aromatic carbocycles. The van der Waals surface area contributed by atoms with Gasteiger partial charge in [-0.25, -0.2) is 4.79 Å². The summed E-state index contributed by atoms with van der Waals surface area (Å²) < 4.78 is 4.75. The molecule has 2 aromatic rings. The first-order chi connectivity index (χ1) is 12.8. The first-order valence-electron chi connectivity index (χ1n) is 8.94. The lowest BCUT2D eigenvalue weighted by Gasteiger charge is -2.33. The molecule has 3 rings (SSSR count). The number of methoxy groups -OCH3 is 1. The number of fused-ring (bicyclic) bond motifs is 1. The Labute approximate surface area is 159 Å². The molecule has 0 aromatic heterocycles. The second kappa shape index (κ2) is 7.28. The number of aromatic hydroxyl groups is 1. The normalized spacial score (nSPS) is 14.5. The zero-order valence-corrected chi connectivity index (χ0v) is 15.8. The molecule has 0 unspecified atom stereocenters. The van der Waals surface area contributed by atoms with Crippen LogP contribution in [0.3, 0.4) is 0 Å². The second-order valence-corrected chi connectivity index (χ2v) is 7.34. The summed E-state index contributed by atoms with van der Waals surface area (Å²) in [6, 6.07) is 10.2. The van der Waals surface area contributed by atoms with Crippen LogP contribution in [-0.2, 0) is 16.6 Å². The molecule has 0 saturated heterocycles. The van der Waals surface area contributed by atoms with Crippen LogP contribution in [0.5, 0.6) is 5.75 Å². The average molecular weight is 362 g/mol. The lowest BCUT2D eigenvalue weighted by Crippen LogP contribution is -2.25. The first kappa shape index (κ1) is 18.7. The van der Waals surface area contributed by atoms with E-state index in [1.54, 1.807) is 30.3 Å². The summed E-state index contributed by atoms with van der Waals surface area (Å²) in [6.45, 7) is 4.29. The van der Waals surface area contributed by atoms with Gasteiger partial charge in [0.15, 0.2) is 0 Å². The van der Waals surface area contributed by atoms with Gasteiger partial charge in [0.25, 0.3) is 0 Å². The number of rotatable bonds is 2. The van der Waals surface area contributed by atoms with Crippen LogP contribution in [0.25, 0.3) is 0 Å². The number of phenolic OH excluding ortho intramolecular Hbond substituents is 1. The molecule has 0 atom stereocenters. The van der Waals surface area contributed by atoms with Crippen molar-refractivity contribution in [3.8, 4) is 17.6 Å². The van der Waals surface area contributed by atoms with Gasteiger partial charge in [-0.15, -0.1) is 0 Å². The fraction of sp³-hybridized carbons (Fsp3) is 0.304. The van der Waals surface area contributed by atoms with Gasteiger partial charge in [-0.05, 0) is 59.9 Å². The predicted molar refractivity (Wildman–Crippen MR) is 103 cm³/mol. The van der Waals surface area contributed by atoms with Crippen molar-refractivity contribution < 1.29 is 19.4 Å². The van der Waals surface area contributed by atoms with E-state index in [1.165, 1.54) is 7.11 Å². The number of Topliss-reactive ketones (excluding diaryl/α,β-unsaturated/α-hetero) is 1. The minimum Gasteiger partial charge on any atom is -0.507 e. The summed E-state index contributed by atoms with van der Waals surface area (Å²) in [5.41, 5.74) is 2.94. The molecule has 4 nitrogen and oxygen atoms in total. The standard InChI is InChI=1S/C23H22O4/c1-23(2)14-6-9-17-18(23)11-13-20(25)21(17)19(24)12-10-15-7-4-5-8-16(15)22(26)27-3/h4-5,7-8,11,13,25H,6,9,14H2,1-3H3. The molecular weight excluding hydrogens is 340 g/mol. The summed E-state index contributed by atoms with van der Waals surface area (Å²) in [5.74, 6) is 4.37. The lowest BCUT2D eigenvalue weighted by atomic mass is 9.71. The van der Waals surface area contributed by atoms with E-state index in [0.717, 1.165) is 30.4 Å². The summed E-state index contributed by atoms with van der Waals surface area (Å²) in [7, 11) is 1.30. The Kier molecular flexibility index (Phi) is 5.05.